The van der Waals surface area contributed by atoms with Gasteiger partial charge in [0.2, 0.25) is 15.7 Å². The van der Waals surface area contributed by atoms with E-state index in [2.05, 4.69) is 20.7 Å². The molecule has 3 rings (SSSR count). The average Bonchev–Trinajstić information content (AvgIpc) is 3.06. The van der Waals surface area contributed by atoms with Crippen molar-refractivity contribution in [3.8, 4) is 11.4 Å². The molecule has 10 heteroatoms. The molecule has 0 atom stereocenters. The number of aromatic nitrogens is 2. The van der Waals surface area contributed by atoms with E-state index in [0.717, 1.165) is 6.07 Å². The van der Waals surface area contributed by atoms with Crippen LogP contribution in [0.3, 0.4) is 0 Å². The quantitative estimate of drug-likeness (QED) is 0.678. The Morgan fingerprint density at radius 2 is 1.80 bits per heavy atom. The van der Waals surface area contributed by atoms with Crippen LogP contribution in [-0.4, -0.2) is 18.6 Å². The van der Waals surface area contributed by atoms with Gasteiger partial charge in [0.05, 0.1) is 9.79 Å². The first kappa shape index (κ1) is 17.4. The van der Waals surface area contributed by atoms with Crippen molar-refractivity contribution in [3.63, 3.8) is 0 Å². The number of alkyl halides is 3. The Balaban J connectivity index is 2.02. The molecule has 0 saturated carbocycles. The van der Waals surface area contributed by atoms with Crippen LogP contribution in [-0.2, 0) is 16.0 Å². The molecule has 3 aromatic rings. The molecule has 129 valence electrons. The molecule has 0 aliphatic rings. The summed E-state index contributed by atoms with van der Waals surface area (Å²) in [6, 6.07) is 11.7. The second kappa shape index (κ2) is 6.16. The minimum Gasteiger partial charge on any atom is -0.329 e. The zero-order chi connectivity index (χ0) is 18.2. The molecule has 0 spiro atoms. The minimum atomic E-state index is -4.79. The van der Waals surface area contributed by atoms with Gasteiger partial charge < -0.3 is 4.52 Å². The second-order valence-electron chi connectivity index (χ2n) is 4.82. The van der Waals surface area contributed by atoms with E-state index >= 15 is 0 Å². The predicted octanol–water partition coefficient (Wildman–Crippen LogP) is 4.04. The van der Waals surface area contributed by atoms with Crippen molar-refractivity contribution in [2.75, 3.05) is 0 Å². The van der Waals surface area contributed by atoms with Gasteiger partial charge in [0, 0.05) is 16.7 Å². The second-order valence-corrected chi connectivity index (χ2v) is 7.17. The molecule has 5 nitrogen and oxygen atoms in total. The molecule has 0 amide bonds. The van der Waals surface area contributed by atoms with Gasteiger partial charge in [-0.2, -0.15) is 18.2 Å². The lowest BCUT2D eigenvalue weighted by molar-refractivity contribution is -0.159. The van der Waals surface area contributed by atoms with E-state index in [0.29, 0.717) is 5.02 Å². The fourth-order valence-electron chi connectivity index (χ4n) is 1.94. The molecule has 0 aliphatic carbocycles. The summed E-state index contributed by atoms with van der Waals surface area (Å²) in [6.45, 7) is 0. The summed E-state index contributed by atoms with van der Waals surface area (Å²) in [7, 11) is -3.93. The number of nitrogens with zero attached hydrogens (tertiary/aromatic N) is 2. The third-order valence-corrected chi connectivity index (χ3v) is 5.07. The molecule has 0 saturated heterocycles. The van der Waals surface area contributed by atoms with E-state index in [1.54, 1.807) is 0 Å². The largest absolute Gasteiger partial charge is 0.471 e. The summed E-state index contributed by atoms with van der Waals surface area (Å²) in [5, 5.41) is 3.59. The normalized spacial score (nSPS) is 12.3. The molecular weight excluding hydrogens is 381 g/mol. The predicted molar refractivity (Wildman–Crippen MR) is 80.5 cm³/mol. The monoisotopic (exact) mass is 387 g/mol. The van der Waals surface area contributed by atoms with E-state index < -0.39 is 21.9 Å². The van der Waals surface area contributed by atoms with Crippen LogP contribution in [0.1, 0.15) is 5.89 Å². The number of hydrogen-bond donors (Lipinski definition) is 0. The number of benzene rings is 2. The lowest BCUT2D eigenvalue weighted by Gasteiger charge is -2.05. The Hall–Kier alpha value is -2.39. The number of sulfone groups is 1. The molecule has 1 aromatic heterocycles. The Bertz CT molecular complexity index is 1020. The van der Waals surface area contributed by atoms with Crippen LogP contribution < -0.4 is 0 Å². The third-order valence-electron chi connectivity index (χ3n) is 3.12. The molecular formula is C15H7ClF3N2O3S. The number of hydrogen-bond acceptors (Lipinski definition) is 5. The first-order valence-corrected chi connectivity index (χ1v) is 8.48. The van der Waals surface area contributed by atoms with Crippen LogP contribution in [0.5, 0.6) is 0 Å². The van der Waals surface area contributed by atoms with Crippen molar-refractivity contribution < 1.29 is 26.1 Å². The highest BCUT2D eigenvalue weighted by Gasteiger charge is 2.38. The van der Waals surface area contributed by atoms with Crippen LogP contribution in [0.25, 0.3) is 11.4 Å². The molecule has 0 fully saturated rings. The lowest BCUT2D eigenvalue weighted by Crippen LogP contribution is -2.05. The standard InChI is InChI=1S/C15H7ClF3N2O3S/c16-10-4-6-11(7-5-10)25(22,23)12-3-1-2-9(8-12)13-20-14(24-21-13)15(17,18)19/h1-2,4-8H. The molecule has 0 aliphatic heterocycles. The average molecular weight is 388 g/mol. The van der Waals surface area contributed by atoms with Crippen LogP contribution >= 0.6 is 11.6 Å². The highest BCUT2D eigenvalue weighted by molar-refractivity contribution is 7.91. The van der Waals surface area contributed by atoms with E-state index in [9.17, 15) is 21.6 Å². The Morgan fingerprint density at radius 3 is 2.40 bits per heavy atom. The highest BCUT2D eigenvalue weighted by Crippen LogP contribution is 2.30. The maximum atomic E-state index is 12.6. The van der Waals surface area contributed by atoms with Gasteiger partial charge in [-0.3, -0.25) is 0 Å². The fraction of sp³-hybridized carbons (Fsp3) is 0.0667. The van der Waals surface area contributed by atoms with E-state index in [-0.39, 0.29) is 21.2 Å². The van der Waals surface area contributed by atoms with Crippen molar-refractivity contribution in [2.45, 2.75) is 16.0 Å². The van der Waals surface area contributed by atoms with Gasteiger partial charge in [0.25, 0.3) is 0 Å². The number of halogens is 4. The summed E-state index contributed by atoms with van der Waals surface area (Å²) in [5.41, 5.74) is 0.0468. The van der Waals surface area contributed by atoms with Gasteiger partial charge in [-0.05, 0) is 30.3 Å². The number of rotatable bonds is 3. The maximum Gasteiger partial charge on any atom is 0.471 e. The minimum absolute atomic E-state index is 0.0330. The lowest BCUT2D eigenvalue weighted by atomic mass is 10.2. The van der Waals surface area contributed by atoms with E-state index in [1.165, 1.54) is 36.4 Å². The zero-order valence-electron chi connectivity index (χ0n) is 12.1. The summed E-state index contributed by atoms with van der Waals surface area (Å²) in [4.78, 5) is 2.95. The topological polar surface area (TPSA) is 73.1 Å². The van der Waals surface area contributed by atoms with E-state index in [1.807, 2.05) is 0 Å². The molecule has 1 heterocycles. The maximum absolute atomic E-state index is 12.6. The van der Waals surface area contributed by atoms with Gasteiger partial charge in [-0.1, -0.05) is 28.9 Å². The summed E-state index contributed by atoms with van der Waals surface area (Å²) in [5.74, 6) is -1.90. The Labute approximate surface area is 145 Å². The fourth-order valence-corrected chi connectivity index (χ4v) is 3.32. The van der Waals surface area contributed by atoms with Gasteiger partial charge in [-0.15, -0.1) is 0 Å². The molecule has 0 unspecified atom stereocenters. The molecule has 2 aromatic carbocycles. The Morgan fingerprint density at radius 1 is 1.12 bits per heavy atom. The van der Waals surface area contributed by atoms with E-state index in [4.69, 9.17) is 11.6 Å². The first-order valence-electron chi connectivity index (χ1n) is 6.61. The highest BCUT2D eigenvalue weighted by atomic mass is 35.5. The zero-order valence-corrected chi connectivity index (χ0v) is 13.7. The summed E-state index contributed by atoms with van der Waals surface area (Å²) >= 11 is 5.73. The van der Waals surface area contributed by atoms with Crippen LogP contribution in [0.2, 0.25) is 5.02 Å². The van der Waals surface area contributed by atoms with Crippen LogP contribution in [0.15, 0.2) is 56.8 Å². The van der Waals surface area contributed by atoms with Gasteiger partial charge in [-0.25, -0.2) is 8.42 Å². The molecule has 25 heavy (non-hydrogen) atoms. The molecule has 1 radical (unpaired) electrons. The molecule has 0 bridgehead atoms. The summed E-state index contributed by atoms with van der Waals surface area (Å²) < 4.78 is 66.9. The van der Waals surface area contributed by atoms with Crippen molar-refractivity contribution in [1.82, 2.24) is 10.1 Å². The van der Waals surface area contributed by atoms with Gasteiger partial charge in [0.1, 0.15) is 0 Å². The first-order chi connectivity index (χ1) is 11.7. The SMILES string of the molecule is O=S(=O)(c1[c]ccc(-c2noc(C(F)(F)F)n2)c1)c1ccc(Cl)cc1. The van der Waals surface area contributed by atoms with Crippen molar-refractivity contribution in [1.29, 1.82) is 0 Å². The summed E-state index contributed by atoms with van der Waals surface area (Å²) in [6.07, 6.45) is -4.79. The van der Waals surface area contributed by atoms with Crippen LogP contribution in [0, 0.1) is 6.07 Å². The van der Waals surface area contributed by atoms with Crippen molar-refractivity contribution in [3.05, 3.63) is 59.4 Å². The third kappa shape index (κ3) is 3.52. The van der Waals surface area contributed by atoms with Crippen molar-refractivity contribution in [2.24, 2.45) is 0 Å². The smallest absolute Gasteiger partial charge is 0.329 e. The van der Waals surface area contributed by atoms with Crippen molar-refractivity contribution >= 4 is 21.4 Å². The molecule has 0 N–H and O–H groups in total. The van der Waals surface area contributed by atoms with Gasteiger partial charge >= 0.3 is 12.1 Å². The Kier molecular flexibility index (Phi) is 4.29. The van der Waals surface area contributed by atoms with Crippen LogP contribution in [0.4, 0.5) is 13.2 Å². The van der Waals surface area contributed by atoms with Gasteiger partial charge in [0.15, 0.2) is 0 Å².